The van der Waals surface area contributed by atoms with Gasteiger partial charge in [-0.15, -0.1) is 0 Å². The van der Waals surface area contributed by atoms with Crippen molar-refractivity contribution in [2.45, 2.75) is 29.2 Å². The van der Waals surface area contributed by atoms with E-state index < -0.39 is 22.0 Å². The van der Waals surface area contributed by atoms with Gasteiger partial charge in [0.05, 0.1) is 18.0 Å². The second-order valence-electron chi connectivity index (χ2n) is 8.96. The van der Waals surface area contributed by atoms with Crippen molar-refractivity contribution in [3.05, 3.63) is 72.3 Å². The van der Waals surface area contributed by atoms with E-state index in [9.17, 15) is 23.1 Å². The summed E-state index contributed by atoms with van der Waals surface area (Å²) >= 11 is 4.47. The van der Waals surface area contributed by atoms with E-state index in [0.717, 1.165) is 16.3 Å². The Kier molecular flexibility index (Phi) is 7.70. The van der Waals surface area contributed by atoms with Gasteiger partial charge in [0.1, 0.15) is 6.04 Å². The molecule has 0 bridgehead atoms. The molecule has 10 heteroatoms. The average Bonchev–Trinajstić information content (AvgIpc) is 3.29. The summed E-state index contributed by atoms with van der Waals surface area (Å²) in [6.07, 6.45) is 0.256. The second kappa shape index (κ2) is 10.6. The number of fused-ring (bicyclic) bond motifs is 1. The molecule has 8 nitrogen and oxygen atoms in total. The number of likely N-dealkylation sites (N-methyl/N-ethyl adjacent to an activating group) is 2. The van der Waals surface area contributed by atoms with Crippen LogP contribution in [-0.4, -0.2) is 73.0 Å². The van der Waals surface area contributed by atoms with Gasteiger partial charge >= 0.3 is 0 Å². The van der Waals surface area contributed by atoms with Crippen LogP contribution in [0.4, 0.5) is 5.69 Å². The number of amides is 2. The average molecular weight is 528 g/mol. The highest BCUT2D eigenvalue weighted by molar-refractivity contribution is 7.89. The van der Waals surface area contributed by atoms with E-state index in [2.05, 4.69) is 12.6 Å². The van der Waals surface area contributed by atoms with Gasteiger partial charge in [-0.2, -0.15) is 16.9 Å². The Morgan fingerprint density at radius 2 is 1.69 bits per heavy atom. The molecule has 1 heterocycles. The van der Waals surface area contributed by atoms with E-state index in [-0.39, 0.29) is 42.2 Å². The number of aliphatic hydroxyl groups is 1. The number of anilines is 1. The zero-order valence-corrected chi connectivity index (χ0v) is 21.8. The predicted octanol–water partition coefficient (Wildman–Crippen LogP) is 2.51. The Labute approximate surface area is 216 Å². The van der Waals surface area contributed by atoms with E-state index in [1.165, 1.54) is 21.2 Å². The number of benzene rings is 3. The molecule has 1 fully saturated rings. The van der Waals surface area contributed by atoms with Crippen LogP contribution in [0.15, 0.2) is 71.6 Å². The van der Waals surface area contributed by atoms with Crippen molar-refractivity contribution < 1.29 is 23.1 Å². The summed E-state index contributed by atoms with van der Waals surface area (Å²) in [4.78, 5) is 29.0. The van der Waals surface area contributed by atoms with Crippen LogP contribution in [-0.2, 0) is 26.2 Å². The Morgan fingerprint density at radius 3 is 2.36 bits per heavy atom. The minimum absolute atomic E-state index is 0.0959. The quantitative estimate of drug-likeness (QED) is 0.460. The van der Waals surface area contributed by atoms with Crippen molar-refractivity contribution >= 4 is 50.9 Å². The first-order valence-corrected chi connectivity index (χ1v) is 13.5. The van der Waals surface area contributed by atoms with Crippen molar-refractivity contribution in [1.82, 2.24) is 9.21 Å². The number of sulfonamides is 1. The highest BCUT2D eigenvalue weighted by Gasteiger charge is 2.44. The summed E-state index contributed by atoms with van der Waals surface area (Å²) in [7, 11) is -0.867. The summed E-state index contributed by atoms with van der Waals surface area (Å²) in [5, 5.41) is 10.6. The van der Waals surface area contributed by atoms with Crippen LogP contribution >= 0.6 is 12.6 Å². The molecule has 2 atom stereocenters. The summed E-state index contributed by atoms with van der Waals surface area (Å²) in [5.41, 5.74) is 1.34. The lowest BCUT2D eigenvalue weighted by Crippen LogP contribution is -2.49. The van der Waals surface area contributed by atoms with E-state index in [0.29, 0.717) is 5.69 Å². The molecule has 1 saturated heterocycles. The Morgan fingerprint density at radius 1 is 1.03 bits per heavy atom. The van der Waals surface area contributed by atoms with Gasteiger partial charge in [0, 0.05) is 31.6 Å². The van der Waals surface area contributed by atoms with Gasteiger partial charge in [-0.05, 0) is 47.0 Å². The number of carbonyl (C=O) groups excluding carboxylic acids is 2. The van der Waals surface area contributed by atoms with Crippen LogP contribution in [0.25, 0.3) is 10.8 Å². The Hall–Kier alpha value is -2.92. The lowest BCUT2D eigenvalue weighted by molar-refractivity contribution is -0.136. The number of hydrogen-bond donors (Lipinski definition) is 2. The molecule has 4 rings (SSSR count). The maximum absolute atomic E-state index is 13.6. The predicted molar refractivity (Wildman–Crippen MR) is 142 cm³/mol. The minimum Gasteiger partial charge on any atom is -0.392 e. The molecule has 0 spiro atoms. The van der Waals surface area contributed by atoms with Gasteiger partial charge < -0.3 is 14.9 Å². The summed E-state index contributed by atoms with van der Waals surface area (Å²) < 4.78 is 28.3. The third-order valence-electron chi connectivity index (χ3n) is 6.48. The second-order valence-corrected chi connectivity index (χ2v) is 11.6. The minimum atomic E-state index is -3.96. The van der Waals surface area contributed by atoms with Crippen LogP contribution < -0.4 is 4.90 Å². The summed E-state index contributed by atoms with van der Waals surface area (Å²) in [6, 6.07) is 18.3. The maximum atomic E-state index is 13.6. The maximum Gasteiger partial charge on any atom is 0.246 e. The fourth-order valence-corrected chi connectivity index (χ4v) is 6.51. The van der Waals surface area contributed by atoms with E-state index in [1.807, 2.05) is 24.3 Å². The number of nitrogens with zero attached hydrogens (tertiary/aromatic N) is 3. The third-order valence-corrected chi connectivity index (χ3v) is 8.72. The molecule has 0 aromatic heterocycles. The van der Waals surface area contributed by atoms with Gasteiger partial charge in [0.15, 0.2) is 0 Å². The number of aliphatic hydroxyl groups excluding tert-OH is 1. The van der Waals surface area contributed by atoms with Crippen molar-refractivity contribution in [2.75, 3.05) is 32.1 Å². The fraction of sp³-hybridized carbons (Fsp3) is 0.308. The largest absolute Gasteiger partial charge is 0.392 e. The molecule has 2 amide bonds. The highest BCUT2D eigenvalue weighted by Crippen LogP contribution is 2.31. The van der Waals surface area contributed by atoms with Gasteiger partial charge in [-0.25, -0.2) is 8.42 Å². The molecule has 0 aliphatic carbocycles. The molecular formula is C26H29N3O5S2. The molecule has 0 unspecified atom stereocenters. The molecule has 36 heavy (non-hydrogen) atoms. The van der Waals surface area contributed by atoms with E-state index in [4.69, 9.17) is 0 Å². The SMILES string of the molecule is CN(CC(=O)N(C)c1ccc(CO)cc1)C(=O)[C@@H]1C[C@@H](S)CN1S(=O)(=O)c1ccc2ccccc2c1. The molecule has 0 radical (unpaired) electrons. The first kappa shape index (κ1) is 26.2. The number of hydrogen-bond acceptors (Lipinski definition) is 6. The van der Waals surface area contributed by atoms with Crippen molar-refractivity contribution in [2.24, 2.45) is 0 Å². The topological polar surface area (TPSA) is 98.2 Å². The lowest BCUT2D eigenvalue weighted by atomic mass is 10.1. The normalized spacial score (nSPS) is 18.3. The first-order valence-electron chi connectivity index (χ1n) is 11.5. The Bertz CT molecular complexity index is 1380. The highest BCUT2D eigenvalue weighted by atomic mass is 32.2. The number of carbonyl (C=O) groups is 2. The van der Waals surface area contributed by atoms with Crippen LogP contribution in [0.2, 0.25) is 0 Å². The van der Waals surface area contributed by atoms with Gasteiger partial charge in [-0.3, -0.25) is 9.59 Å². The van der Waals surface area contributed by atoms with Crippen molar-refractivity contribution in [1.29, 1.82) is 0 Å². The Balaban J connectivity index is 1.51. The molecule has 0 saturated carbocycles. The molecular weight excluding hydrogens is 498 g/mol. The zero-order valence-electron chi connectivity index (χ0n) is 20.1. The molecule has 190 valence electrons. The molecule has 1 N–H and O–H groups in total. The van der Waals surface area contributed by atoms with Crippen LogP contribution in [0.1, 0.15) is 12.0 Å². The van der Waals surface area contributed by atoms with Crippen molar-refractivity contribution in [3.63, 3.8) is 0 Å². The zero-order chi connectivity index (χ0) is 26.0. The molecule has 3 aromatic carbocycles. The monoisotopic (exact) mass is 527 g/mol. The molecule has 1 aliphatic heterocycles. The van der Waals surface area contributed by atoms with Crippen LogP contribution in [0.3, 0.4) is 0 Å². The van der Waals surface area contributed by atoms with Crippen molar-refractivity contribution in [3.8, 4) is 0 Å². The first-order chi connectivity index (χ1) is 17.1. The lowest BCUT2D eigenvalue weighted by Gasteiger charge is -2.28. The van der Waals surface area contributed by atoms with E-state index in [1.54, 1.807) is 49.5 Å². The number of thiol groups is 1. The standard InChI is InChI=1S/C26H29N3O5S2/c1-27(16-25(31)28(2)21-10-7-18(17-30)8-11-21)26(32)24-14-22(35)15-29(24)36(33,34)23-12-9-19-5-3-4-6-20(19)13-23/h3-13,22,24,30,35H,14-17H2,1-2H3/t22-,24+/m1/s1. The summed E-state index contributed by atoms with van der Waals surface area (Å²) in [6.45, 7) is -0.205. The van der Waals surface area contributed by atoms with Gasteiger partial charge in [0.2, 0.25) is 21.8 Å². The van der Waals surface area contributed by atoms with Crippen LogP contribution in [0, 0.1) is 0 Å². The van der Waals surface area contributed by atoms with Gasteiger partial charge in [-0.1, -0.05) is 42.5 Å². The molecule has 3 aromatic rings. The number of rotatable bonds is 7. The fourth-order valence-electron chi connectivity index (χ4n) is 4.35. The van der Waals surface area contributed by atoms with Crippen LogP contribution in [0.5, 0.6) is 0 Å². The summed E-state index contributed by atoms with van der Waals surface area (Å²) in [5.74, 6) is -0.778. The third kappa shape index (κ3) is 5.27. The van der Waals surface area contributed by atoms with Gasteiger partial charge in [0.25, 0.3) is 0 Å². The molecule has 1 aliphatic rings. The smallest absolute Gasteiger partial charge is 0.246 e. The van der Waals surface area contributed by atoms with E-state index >= 15 is 0 Å².